The van der Waals surface area contributed by atoms with Crippen LogP contribution in [0.1, 0.15) is 22.0 Å². The van der Waals surface area contributed by atoms with Crippen molar-refractivity contribution in [2.75, 3.05) is 12.4 Å². The highest BCUT2D eigenvalue weighted by molar-refractivity contribution is 6.04. The van der Waals surface area contributed by atoms with Gasteiger partial charge in [0.2, 0.25) is 0 Å². The number of rotatable bonds is 4. The smallest absolute Gasteiger partial charge is 0.408 e. The van der Waals surface area contributed by atoms with Crippen LogP contribution in [0.4, 0.5) is 10.5 Å². The second-order valence-corrected chi connectivity index (χ2v) is 5.39. The average molecular weight is 340 g/mol. The number of amides is 2. The lowest BCUT2D eigenvalue weighted by molar-refractivity contribution is -0.119. The molecule has 2 unspecified atom stereocenters. The molecular formula is C18H16N2O5. The van der Waals surface area contributed by atoms with Gasteiger partial charge in [0.05, 0.1) is 18.4 Å². The van der Waals surface area contributed by atoms with Crippen LogP contribution in [-0.2, 0) is 14.3 Å². The fourth-order valence-electron chi connectivity index (χ4n) is 2.62. The minimum Gasteiger partial charge on any atom is -0.465 e. The molecule has 0 saturated carbocycles. The third kappa shape index (κ3) is 3.45. The van der Waals surface area contributed by atoms with Gasteiger partial charge in [-0.25, -0.2) is 9.59 Å². The summed E-state index contributed by atoms with van der Waals surface area (Å²) in [5.41, 5.74) is 1.22. The molecule has 0 bridgehead atoms. The Morgan fingerprint density at radius 2 is 1.76 bits per heavy atom. The molecule has 3 rings (SSSR count). The molecule has 7 heteroatoms. The van der Waals surface area contributed by atoms with Crippen LogP contribution in [0.15, 0.2) is 54.6 Å². The summed E-state index contributed by atoms with van der Waals surface area (Å²) in [5, 5.41) is 5.15. The van der Waals surface area contributed by atoms with Crippen LogP contribution in [0.25, 0.3) is 0 Å². The zero-order valence-electron chi connectivity index (χ0n) is 13.4. The van der Waals surface area contributed by atoms with Crippen molar-refractivity contribution < 1.29 is 23.9 Å². The van der Waals surface area contributed by atoms with Crippen molar-refractivity contribution in [2.45, 2.75) is 12.1 Å². The zero-order valence-corrected chi connectivity index (χ0v) is 13.4. The van der Waals surface area contributed by atoms with Gasteiger partial charge in [-0.3, -0.25) is 4.79 Å². The molecule has 7 nitrogen and oxygen atoms in total. The van der Waals surface area contributed by atoms with Crippen molar-refractivity contribution in [2.24, 2.45) is 0 Å². The molecule has 2 amide bonds. The fraction of sp³-hybridized carbons (Fsp3) is 0.167. The number of esters is 1. The Morgan fingerprint density at radius 3 is 2.48 bits per heavy atom. The van der Waals surface area contributed by atoms with Crippen LogP contribution in [0, 0.1) is 0 Å². The topological polar surface area (TPSA) is 93.7 Å². The summed E-state index contributed by atoms with van der Waals surface area (Å²) in [6.45, 7) is 0. The predicted octanol–water partition coefficient (Wildman–Crippen LogP) is 2.26. The molecule has 2 aromatic rings. The maximum Gasteiger partial charge on any atom is 0.408 e. The van der Waals surface area contributed by atoms with Crippen LogP contribution >= 0.6 is 0 Å². The summed E-state index contributed by atoms with van der Waals surface area (Å²) in [5.74, 6) is -1.06. The van der Waals surface area contributed by atoms with Crippen molar-refractivity contribution in [3.63, 3.8) is 0 Å². The van der Waals surface area contributed by atoms with Gasteiger partial charge in [0.1, 0.15) is 0 Å². The minimum absolute atomic E-state index is 0.222. The second-order valence-electron chi connectivity index (χ2n) is 5.39. The molecular weight excluding hydrogens is 324 g/mol. The van der Waals surface area contributed by atoms with E-state index in [4.69, 9.17) is 9.47 Å². The van der Waals surface area contributed by atoms with E-state index in [1.807, 2.05) is 6.07 Å². The summed E-state index contributed by atoms with van der Waals surface area (Å²) in [7, 11) is 1.26. The lowest BCUT2D eigenvalue weighted by Gasteiger charge is -2.17. The Balaban J connectivity index is 1.83. The molecule has 1 fully saturated rings. The zero-order chi connectivity index (χ0) is 17.8. The number of benzene rings is 2. The van der Waals surface area contributed by atoms with Gasteiger partial charge in [-0.1, -0.05) is 42.5 Å². The summed E-state index contributed by atoms with van der Waals surface area (Å²) >= 11 is 0. The molecule has 0 spiro atoms. The van der Waals surface area contributed by atoms with E-state index in [1.54, 1.807) is 48.5 Å². The van der Waals surface area contributed by atoms with Crippen LogP contribution in [-0.4, -0.2) is 31.1 Å². The molecule has 2 atom stereocenters. The maximum atomic E-state index is 12.6. The van der Waals surface area contributed by atoms with Crippen LogP contribution in [0.2, 0.25) is 0 Å². The van der Waals surface area contributed by atoms with Crippen molar-refractivity contribution in [3.05, 3.63) is 65.7 Å². The quantitative estimate of drug-likeness (QED) is 0.833. The number of hydrogen-bond acceptors (Lipinski definition) is 5. The number of para-hydroxylation sites is 1. The third-order valence-electron chi connectivity index (χ3n) is 3.81. The molecule has 1 heterocycles. The van der Waals surface area contributed by atoms with E-state index in [0.717, 1.165) is 0 Å². The number of ether oxygens (including phenoxy) is 2. The van der Waals surface area contributed by atoms with E-state index in [0.29, 0.717) is 11.3 Å². The minimum atomic E-state index is -0.916. The van der Waals surface area contributed by atoms with Crippen molar-refractivity contribution in [1.82, 2.24) is 5.32 Å². The SMILES string of the molecule is COC(=O)c1ccccc1NC(=O)C1NC(=O)OC1c1ccccc1. The average Bonchev–Trinajstić information content (AvgIpc) is 3.04. The second kappa shape index (κ2) is 7.04. The monoisotopic (exact) mass is 340 g/mol. The van der Waals surface area contributed by atoms with Crippen molar-refractivity contribution >= 4 is 23.7 Å². The van der Waals surface area contributed by atoms with Gasteiger partial charge in [0, 0.05) is 0 Å². The number of hydrogen-bond donors (Lipinski definition) is 2. The Hall–Kier alpha value is -3.35. The number of alkyl carbamates (subject to hydrolysis) is 1. The summed E-state index contributed by atoms with van der Waals surface area (Å²) in [6, 6.07) is 14.5. The van der Waals surface area contributed by atoms with E-state index in [9.17, 15) is 14.4 Å². The molecule has 128 valence electrons. The number of carbonyl (C=O) groups is 3. The first-order valence-electron chi connectivity index (χ1n) is 7.60. The standard InChI is InChI=1S/C18H16N2O5/c1-24-17(22)12-9-5-6-10-13(12)19-16(21)14-15(25-18(23)20-14)11-7-3-2-4-8-11/h2-10,14-15H,1H3,(H,19,21)(H,20,23). The number of anilines is 1. The van der Waals surface area contributed by atoms with Crippen molar-refractivity contribution in [1.29, 1.82) is 0 Å². The predicted molar refractivity (Wildman–Crippen MR) is 89.0 cm³/mol. The first-order chi connectivity index (χ1) is 12.1. The summed E-state index contributed by atoms with van der Waals surface area (Å²) in [4.78, 5) is 36.1. The Bertz CT molecular complexity index is 806. The van der Waals surface area contributed by atoms with Gasteiger partial charge in [-0.15, -0.1) is 0 Å². The van der Waals surface area contributed by atoms with E-state index in [-0.39, 0.29) is 5.56 Å². The van der Waals surface area contributed by atoms with Gasteiger partial charge in [-0.2, -0.15) is 0 Å². The highest BCUT2D eigenvalue weighted by Gasteiger charge is 2.40. The molecule has 25 heavy (non-hydrogen) atoms. The fourth-order valence-corrected chi connectivity index (χ4v) is 2.62. The normalized spacial score (nSPS) is 18.8. The number of nitrogens with one attached hydrogen (secondary N) is 2. The molecule has 1 aliphatic rings. The van der Waals surface area contributed by atoms with Gasteiger partial charge in [0.15, 0.2) is 12.1 Å². The molecule has 0 radical (unpaired) electrons. The molecule has 2 N–H and O–H groups in total. The van der Waals surface area contributed by atoms with Gasteiger partial charge in [-0.05, 0) is 17.7 Å². The summed E-state index contributed by atoms with van der Waals surface area (Å²) in [6.07, 6.45) is -1.42. The van der Waals surface area contributed by atoms with Crippen LogP contribution in [0.3, 0.4) is 0 Å². The molecule has 2 aromatic carbocycles. The molecule has 0 aliphatic carbocycles. The first-order valence-corrected chi connectivity index (χ1v) is 7.60. The summed E-state index contributed by atoms with van der Waals surface area (Å²) < 4.78 is 9.92. The number of cyclic esters (lactones) is 1. The highest BCUT2D eigenvalue weighted by Crippen LogP contribution is 2.27. The number of methoxy groups -OCH3 is 1. The molecule has 0 aromatic heterocycles. The number of carbonyl (C=O) groups excluding carboxylic acids is 3. The van der Waals surface area contributed by atoms with E-state index >= 15 is 0 Å². The van der Waals surface area contributed by atoms with Gasteiger partial charge < -0.3 is 20.1 Å². The van der Waals surface area contributed by atoms with E-state index in [2.05, 4.69) is 10.6 Å². The van der Waals surface area contributed by atoms with Crippen molar-refractivity contribution in [3.8, 4) is 0 Å². The van der Waals surface area contributed by atoms with Gasteiger partial charge in [0.25, 0.3) is 5.91 Å². The lowest BCUT2D eigenvalue weighted by Crippen LogP contribution is -2.40. The Kier molecular flexibility index (Phi) is 4.65. The molecule has 1 saturated heterocycles. The van der Waals surface area contributed by atoms with Crippen LogP contribution < -0.4 is 10.6 Å². The maximum absolute atomic E-state index is 12.6. The Labute approximate surface area is 143 Å². The van der Waals surface area contributed by atoms with E-state index in [1.165, 1.54) is 7.11 Å². The third-order valence-corrected chi connectivity index (χ3v) is 3.81. The highest BCUT2D eigenvalue weighted by atomic mass is 16.6. The molecule has 1 aliphatic heterocycles. The van der Waals surface area contributed by atoms with E-state index < -0.39 is 30.1 Å². The largest absolute Gasteiger partial charge is 0.465 e. The lowest BCUT2D eigenvalue weighted by atomic mass is 10.0. The van der Waals surface area contributed by atoms with Gasteiger partial charge >= 0.3 is 12.1 Å². The van der Waals surface area contributed by atoms with Crippen LogP contribution in [0.5, 0.6) is 0 Å². The first kappa shape index (κ1) is 16.5. The Morgan fingerprint density at radius 1 is 1.08 bits per heavy atom.